The summed E-state index contributed by atoms with van der Waals surface area (Å²) in [5, 5.41) is 8.10. The van der Waals surface area contributed by atoms with E-state index in [1.165, 1.54) is 37.8 Å². The van der Waals surface area contributed by atoms with E-state index < -0.39 is 0 Å². The standard InChI is InChI=1S/C11H21N3/c1-4-6-8-11(7-5-2)14-10(3)9-12-13-14/h9,11H,4-8H2,1-3H3. The highest BCUT2D eigenvalue weighted by atomic mass is 15.4. The van der Waals surface area contributed by atoms with Crippen LogP contribution in [0.3, 0.4) is 0 Å². The van der Waals surface area contributed by atoms with Gasteiger partial charge in [0, 0.05) is 0 Å². The molecule has 0 spiro atoms. The van der Waals surface area contributed by atoms with Gasteiger partial charge in [0.05, 0.1) is 17.9 Å². The normalized spacial score (nSPS) is 13.1. The molecule has 1 unspecified atom stereocenters. The third-order valence-electron chi connectivity index (χ3n) is 2.61. The predicted molar refractivity (Wildman–Crippen MR) is 58.2 cm³/mol. The SMILES string of the molecule is CCCCC(CCC)n1nncc1C. The Balaban J connectivity index is 2.62. The molecule has 1 aromatic rings. The molecule has 0 radical (unpaired) electrons. The number of aromatic nitrogens is 3. The van der Waals surface area contributed by atoms with Crippen LogP contribution in [0.25, 0.3) is 0 Å². The van der Waals surface area contributed by atoms with Crippen molar-refractivity contribution in [1.82, 2.24) is 15.0 Å². The Hall–Kier alpha value is -0.860. The van der Waals surface area contributed by atoms with E-state index in [0.29, 0.717) is 6.04 Å². The maximum Gasteiger partial charge on any atom is 0.0722 e. The van der Waals surface area contributed by atoms with Crippen LogP contribution in [0.1, 0.15) is 57.7 Å². The zero-order valence-corrected chi connectivity index (χ0v) is 9.53. The van der Waals surface area contributed by atoms with Gasteiger partial charge in [-0.15, -0.1) is 5.10 Å². The van der Waals surface area contributed by atoms with Gasteiger partial charge in [-0.05, 0) is 19.8 Å². The molecule has 0 aliphatic carbocycles. The summed E-state index contributed by atoms with van der Waals surface area (Å²) in [4.78, 5) is 0. The Bertz CT molecular complexity index is 255. The number of aryl methyl sites for hydroxylation is 1. The number of unbranched alkanes of at least 4 members (excludes halogenated alkanes) is 1. The quantitative estimate of drug-likeness (QED) is 0.698. The highest BCUT2D eigenvalue weighted by Crippen LogP contribution is 2.20. The van der Waals surface area contributed by atoms with Crippen molar-refractivity contribution >= 4 is 0 Å². The minimum absolute atomic E-state index is 0.558. The van der Waals surface area contributed by atoms with Crippen molar-refractivity contribution < 1.29 is 0 Å². The van der Waals surface area contributed by atoms with Crippen LogP contribution in [-0.2, 0) is 0 Å². The Morgan fingerprint density at radius 2 is 2.07 bits per heavy atom. The van der Waals surface area contributed by atoms with Crippen LogP contribution in [0.5, 0.6) is 0 Å². The van der Waals surface area contributed by atoms with Gasteiger partial charge in [0.1, 0.15) is 0 Å². The number of nitrogens with zero attached hydrogens (tertiary/aromatic N) is 3. The molecule has 0 aliphatic rings. The van der Waals surface area contributed by atoms with Crippen molar-refractivity contribution in [2.75, 3.05) is 0 Å². The molecule has 0 bridgehead atoms. The number of rotatable bonds is 6. The molecule has 0 N–H and O–H groups in total. The average Bonchev–Trinajstić information content (AvgIpc) is 2.59. The van der Waals surface area contributed by atoms with Crippen LogP contribution >= 0.6 is 0 Å². The molecule has 1 rings (SSSR count). The Morgan fingerprint density at radius 3 is 2.57 bits per heavy atom. The lowest BCUT2D eigenvalue weighted by molar-refractivity contribution is 0.370. The Morgan fingerprint density at radius 1 is 1.29 bits per heavy atom. The van der Waals surface area contributed by atoms with Crippen molar-refractivity contribution in [2.45, 2.75) is 58.9 Å². The molecule has 0 saturated heterocycles. The zero-order chi connectivity index (χ0) is 10.4. The maximum atomic E-state index is 4.15. The van der Waals surface area contributed by atoms with Crippen LogP contribution in [0, 0.1) is 6.92 Å². The van der Waals surface area contributed by atoms with Crippen molar-refractivity contribution in [3.8, 4) is 0 Å². The molecule has 0 amide bonds. The Kier molecular flexibility index (Phi) is 4.63. The highest BCUT2D eigenvalue weighted by molar-refractivity contribution is 4.91. The minimum Gasteiger partial charge on any atom is -0.247 e. The van der Waals surface area contributed by atoms with E-state index in [-0.39, 0.29) is 0 Å². The van der Waals surface area contributed by atoms with E-state index in [4.69, 9.17) is 0 Å². The molecule has 1 atom stereocenters. The molecule has 80 valence electrons. The second kappa shape index (κ2) is 5.78. The average molecular weight is 195 g/mol. The molecule has 0 aliphatic heterocycles. The van der Waals surface area contributed by atoms with Crippen molar-refractivity contribution in [3.05, 3.63) is 11.9 Å². The summed E-state index contributed by atoms with van der Waals surface area (Å²) in [5.74, 6) is 0. The summed E-state index contributed by atoms with van der Waals surface area (Å²) in [6.07, 6.45) is 8.04. The summed E-state index contributed by atoms with van der Waals surface area (Å²) in [7, 11) is 0. The van der Waals surface area contributed by atoms with Gasteiger partial charge >= 0.3 is 0 Å². The molecule has 3 nitrogen and oxygen atoms in total. The molecule has 3 heteroatoms. The molecule has 1 aromatic heterocycles. The molecular formula is C11H21N3. The van der Waals surface area contributed by atoms with E-state index >= 15 is 0 Å². The number of hydrogen-bond donors (Lipinski definition) is 0. The van der Waals surface area contributed by atoms with E-state index in [9.17, 15) is 0 Å². The first-order chi connectivity index (χ1) is 6.79. The van der Waals surface area contributed by atoms with Crippen LogP contribution < -0.4 is 0 Å². The third-order valence-corrected chi connectivity index (χ3v) is 2.61. The summed E-state index contributed by atoms with van der Waals surface area (Å²) in [6, 6.07) is 0.558. The van der Waals surface area contributed by atoms with E-state index in [1.807, 2.05) is 6.20 Å². The topological polar surface area (TPSA) is 30.7 Å². The Labute approximate surface area is 86.5 Å². The first kappa shape index (κ1) is 11.2. The fourth-order valence-corrected chi connectivity index (χ4v) is 1.82. The largest absolute Gasteiger partial charge is 0.247 e. The second-order valence-corrected chi connectivity index (χ2v) is 3.90. The molecule has 14 heavy (non-hydrogen) atoms. The van der Waals surface area contributed by atoms with Crippen molar-refractivity contribution in [2.24, 2.45) is 0 Å². The molecule has 0 saturated carbocycles. The molecular weight excluding hydrogens is 174 g/mol. The molecule has 1 heterocycles. The fourth-order valence-electron chi connectivity index (χ4n) is 1.82. The van der Waals surface area contributed by atoms with Crippen LogP contribution in [0.2, 0.25) is 0 Å². The summed E-state index contributed by atoms with van der Waals surface area (Å²) >= 11 is 0. The highest BCUT2D eigenvalue weighted by Gasteiger charge is 2.12. The predicted octanol–water partition coefficient (Wildman–Crippen LogP) is 3.12. The maximum absolute atomic E-state index is 4.15. The summed E-state index contributed by atoms with van der Waals surface area (Å²) < 4.78 is 2.08. The van der Waals surface area contributed by atoms with Crippen molar-refractivity contribution in [3.63, 3.8) is 0 Å². The number of hydrogen-bond acceptors (Lipinski definition) is 2. The van der Waals surface area contributed by atoms with Gasteiger partial charge in [-0.2, -0.15) is 0 Å². The van der Waals surface area contributed by atoms with Gasteiger partial charge in [0.2, 0.25) is 0 Å². The summed E-state index contributed by atoms with van der Waals surface area (Å²) in [6.45, 7) is 6.54. The van der Waals surface area contributed by atoms with Crippen LogP contribution in [0.15, 0.2) is 6.20 Å². The minimum atomic E-state index is 0.558. The molecule has 0 fully saturated rings. The zero-order valence-electron chi connectivity index (χ0n) is 9.53. The smallest absolute Gasteiger partial charge is 0.0722 e. The lowest BCUT2D eigenvalue weighted by atomic mass is 10.1. The van der Waals surface area contributed by atoms with Crippen LogP contribution in [0.4, 0.5) is 0 Å². The van der Waals surface area contributed by atoms with E-state index in [2.05, 4.69) is 35.8 Å². The van der Waals surface area contributed by atoms with Gasteiger partial charge < -0.3 is 0 Å². The lowest BCUT2D eigenvalue weighted by Gasteiger charge is -2.17. The fraction of sp³-hybridized carbons (Fsp3) is 0.818. The van der Waals surface area contributed by atoms with Gasteiger partial charge in [0.25, 0.3) is 0 Å². The van der Waals surface area contributed by atoms with Crippen molar-refractivity contribution in [1.29, 1.82) is 0 Å². The van der Waals surface area contributed by atoms with E-state index in [1.54, 1.807) is 0 Å². The van der Waals surface area contributed by atoms with Gasteiger partial charge in [-0.1, -0.05) is 38.3 Å². The van der Waals surface area contributed by atoms with Gasteiger partial charge in [-0.3, -0.25) is 0 Å². The first-order valence-corrected chi connectivity index (χ1v) is 5.66. The van der Waals surface area contributed by atoms with Gasteiger partial charge in [-0.25, -0.2) is 4.68 Å². The third kappa shape index (κ3) is 2.82. The van der Waals surface area contributed by atoms with E-state index in [0.717, 1.165) is 0 Å². The molecule has 0 aromatic carbocycles. The van der Waals surface area contributed by atoms with Crippen LogP contribution in [-0.4, -0.2) is 15.0 Å². The first-order valence-electron chi connectivity index (χ1n) is 5.66. The van der Waals surface area contributed by atoms with Gasteiger partial charge in [0.15, 0.2) is 0 Å². The second-order valence-electron chi connectivity index (χ2n) is 3.90. The monoisotopic (exact) mass is 195 g/mol. The lowest BCUT2D eigenvalue weighted by Crippen LogP contribution is -2.12. The summed E-state index contributed by atoms with van der Waals surface area (Å²) in [5.41, 5.74) is 1.18.